The van der Waals surface area contributed by atoms with Gasteiger partial charge in [0, 0.05) is 31.9 Å². The van der Waals surface area contributed by atoms with Crippen LogP contribution >= 0.6 is 0 Å². The molecule has 2 heterocycles. The normalized spacial score (nSPS) is 23.9. The molecule has 0 spiro atoms. The molecule has 0 amide bonds. The van der Waals surface area contributed by atoms with Gasteiger partial charge in [-0.15, -0.1) is 0 Å². The van der Waals surface area contributed by atoms with E-state index in [0.29, 0.717) is 12.1 Å². The minimum atomic E-state index is 0.448. The van der Waals surface area contributed by atoms with E-state index >= 15 is 0 Å². The summed E-state index contributed by atoms with van der Waals surface area (Å²) in [5, 5.41) is 6.94. The van der Waals surface area contributed by atoms with Gasteiger partial charge >= 0.3 is 0 Å². The predicted molar refractivity (Wildman–Crippen MR) is 69.4 cm³/mol. The number of anilines is 1. The molecule has 1 aliphatic heterocycles. The van der Waals surface area contributed by atoms with Crippen molar-refractivity contribution in [2.24, 2.45) is 0 Å². The fourth-order valence-electron chi connectivity index (χ4n) is 2.32. The average Bonchev–Trinajstić information content (AvgIpc) is 2.71. The number of methoxy groups -OCH3 is 1. The number of rotatable bonds is 4. The van der Waals surface area contributed by atoms with Crippen molar-refractivity contribution in [2.45, 2.75) is 32.4 Å². The Morgan fingerprint density at radius 1 is 1.53 bits per heavy atom. The number of nitrogens with zero attached hydrogens (tertiary/aromatic N) is 1. The Kier molecular flexibility index (Phi) is 3.97. The van der Waals surface area contributed by atoms with Crippen LogP contribution in [0.4, 0.5) is 5.82 Å². The number of aryl methyl sites for hydroxylation is 2. The molecule has 1 fully saturated rings. The van der Waals surface area contributed by atoms with Gasteiger partial charge in [-0.3, -0.25) is 0 Å². The van der Waals surface area contributed by atoms with Crippen molar-refractivity contribution in [3.63, 3.8) is 0 Å². The summed E-state index contributed by atoms with van der Waals surface area (Å²) in [6.07, 6.45) is 2.99. The monoisotopic (exact) mass is 235 g/mol. The zero-order valence-corrected chi connectivity index (χ0v) is 10.8. The minimum absolute atomic E-state index is 0.448. The molecule has 1 aromatic heterocycles. The lowest BCUT2D eigenvalue weighted by Gasteiger charge is -2.14. The smallest absolute Gasteiger partial charge is 0.129 e. The van der Waals surface area contributed by atoms with Crippen LogP contribution in [0.2, 0.25) is 0 Å². The van der Waals surface area contributed by atoms with Gasteiger partial charge in [-0.25, -0.2) is 4.98 Å². The quantitative estimate of drug-likeness (QED) is 0.830. The summed E-state index contributed by atoms with van der Waals surface area (Å²) in [4.78, 5) is 4.44. The standard InChI is InChI=1S/C13H21N3O/c1-9-4-10(2)13(15-6-9)16-11-5-12(8-17-3)14-7-11/h4,6,11-12,14H,5,7-8H2,1-3H3,(H,15,16)/t11-,12-/m0/s1. The zero-order valence-electron chi connectivity index (χ0n) is 10.8. The van der Waals surface area contributed by atoms with Crippen LogP contribution in [-0.2, 0) is 4.74 Å². The maximum Gasteiger partial charge on any atom is 0.129 e. The lowest BCUT2D eigenvalue weighted by Crippen LogP contribution is -2.26. The molecular weight excluding hydrogens is 214 g/mol. The lowest BCUT2D eigenvalue weighted by molar-refractivity contribution is 0.173. The number of pyridine rings is 1. The van der Waals surface area contributed by atoms with Gasteiger partial charge in [0.15, 0.2) is 0 Å². The number of nitrogens with one attached hydrogen (secondary N) is 2. The Labute approximate surface area is 103 Å². The molecule has 0 bridgehead atoms. The van der Waals surface area contributed by atoms with Crippen molar-refractivity contribution < 1.29 is 4.74 Å². The van der Waals surface area contributed by atoms with E-state index in [4.69, 9.17) is 4.74 Å². The van der Waals surface area contributed by atoms with E-state index in [-0.39, 0.29) is 0 Å². The Morgan fingerprint density at radius 2 is 2.35 bits per heavy atom. The van der Waals surface area contributed by atoms with Gasteiger partial charge in [-0.05, 0) is 31.4 Å². The maximum atomic E-state index is 5.16. The Balaban J connectivity index is 1.93. The highest BCUT2D eigenvalue weighted by molar-refractivity contribution is 5.45. The number of ether oxygens (including phenoxy) is 1. The Hall–Kier alpha value is -1.13. The molecule has 2 N–H and O–H groups in total. The summed E-state index contributed by atoms with van der Waals surface area (Å²) in [6.45, 7) is 5.91. The van der Waals surface area contributed by atoms with Crippen molar-refractivity contribution >= 4 is 5.82 Å². The first-order valence-electron chi connectivity index (χ1n) is 6.11. The largest absolute Gasteiger partial charge is 0.383 e. The van der Waals surface area contributed by atoms with Gasteiger partial charge in [-0.1, -0.05) is 6.07 Å². The third kappa shape index (κ3) is 3.17. The zero-order chi connectivity index (χ0) is 12.3. The highest BCUT2D eigenvalue weighted by Gasteiger charge is 2.24. The third-order valence-electron chi connectivity index (χ3n) is 3.15. The molecule has 0 saturated carbocycles. The fourth-order valence-corrected chi connectivity index (χ4v) is 2.32. The van der Waals surface area contributed by atoms with Gasteiger partial charge in [-0.2, -0.15) is 0 Å². The van der Waals surface area contributed by atoms with E-state index < -0.39 is 0 Å². The first kappa shape index (κ1) is 12.3. The molecule has 0 unspecified atom stereocenters. The maximum absolute atomic E-state index is 5.16. The van der Waals surface area contributed by atoms with Crippen LogP contribution in [0.3, 0.4) is 0 Å². The molecule has 4 nitrogen and oxygen atoms in total. The molecular formula is C13H21N3O. The van der Waals surface area contributed by atoms with Crippen LogP contribution in [0.5, 0.6) is 0 Å². The summed E-state index contributed by atoms with van der Waals surface area (Å²) in [5.74, 6) is 1.00. The van der Waals surface area contributed by atoms with Crippen LogP contribution in [0.15, 0.2) is 12.3 Å². The molecule has 1 saturated heterocycles. The summed E-state index contributed by atoms with van der Waals surface area (Å²) < 4.78 is 5.16. The Morgan fingerprint density at radius 3 is 3.06 bits per heavy atom. The molecule has 0 aromatic carbocycles. The van der Waals surface area contributed by atoms with Crippen LogP contribution in [-0.4, -0.2) is 37.3 Å². The second kappa shape index (κ2) is 5.47. The second-order valence-electron chi connectivity index (χ2n) is 4.82. The molecule has 0 radical (unpaired) electrons. The predicted octanol–water partition coefficient (Wildman–Crippen LogP) is 1.49. The number of hydrogen-bond donors (Lipinski definition) is 2. The highest BCUT2D eigenvalue weighted by atomic mass is 16.5. The first-order chi connectivity index (χ1) is 8.19. The molecule has 2 atom stereocenters. The van der Waals surface area contributed by atoms with Crippen molar-refractivity contribution in [3.8, 4) is 0 Å². The molecule has 17 heavy (non-hydrogen) atoms. The number of aromatic nitrogens is 1. The highest BCUT2D eigenvalue weighted by Crippen LogP contribution is 2.17. The third-order valence-corrected chi connectivity index (χ3v) is 3.15. The van der Waals surface area contributed by atoms with Crippen molar-refractivity contribution in [2.75, 3.05) is 25.6 Å². The SMILES string of the molecule is COC[C@@H]1C[C@H](Nc2ncc(C)cc2C)CN1. The van der Waals surface area contributed by atoms with Crippen LogP contribution in [0.1, 0.15) is 17.5 Å². The van der Waals surface area contributed by atoms with Gasteiger partial charge in [0.05, 0.1) is 6.61 Å². The van der Waals surface area contributed by atoms with Crippen molar-refractivity contribution in [1.29, 1.82) is 0 Å². The van der Waals surface area contributed by atoms with E-state index in [9.17, 15) is 0 Å². The van der Waals surface area contributed by atoms with Crippen LogP contribution in [0, 0.1) is 13.8 Å². The molecule has 94 valence electrons. The number of hydrogen-bond acceptors (Lipinski definition) is 4. The molecule has 1 aromatic rings. The van der Waals surface area contributed by atoms with Gasteiger partial charge in [0.1, 0.15) is 5.82 Å². The van der Waals surface area contributed by atoms with Crippen LogP contribution in [0.25, 0.3) is 0 Å². The second-order valence-corrected chi connectivity index (χ2v) is 4.82. The average molecular weight is 235 g/mol. The summed E-state index contributed by atoms with van der Waals surface area (Å²) in [6, 6.07) is 3.07. The van der Waals surface area contributed by atoms with Crippen molar-refractivity contribution in [3.05, 3.63) is 23.4 Å². The van der Waals surface area contributed by atoms with E-state index in [1.807, 2.05) is 6.20 Å². The van der Waals surface area contributed by atoms with Crippen LogP contribution < -0.4 is 10.6 Å². The van der Waals surface area contributed by atoms with Gasteiger partial charge < -0.3 is 15.4 Å². The van der Waals surface area contributed by atoms with Gasteiger partial charge in [0.25, 0.3) is 0 Å². The lowest BCUT2D eigenvalue weighted by atomic mass is 10.1. The fraction of sp³-hybridized carbons (Fsp3) is 0.615. The summed E-state index contributed by atoms with van der Waals surface area (Å²) in [5.41, 5.74) is 2.41. The van der Waals surface area contributed by atoms with E-state index in [1.165, 1.54) is 11.1 Å². The minimum Gasteiger partial charge on any atom is -0.383 e. The van der Waals surface area contributed by atoms with Gasteiger partial charge in [0.2, 0.25) is 0 Å². The molecule has 0 aliphatic carbocycles. The van der Waals surface area contributed by atoms with E-state index in [2.05, 4.69) is 35.5 Å². The topological polar surface area (TPSA) is 46.2 Å². The molecule has 4 heteroatoms. The molecule has 2 rings (SSSR count). The summed E-state index contributed by atoms with van der Waals surface area (Å²) in [7, 11) is 1.74. The summed E-state index contributed by atoms with van der Waals surface area (Å²) >= 11 is 0. The van der Waals surface area contributed by atoms with Crippen molar-refractivity contribution in [1.82, 2.24) is 10.3 Å². The van der Waals surface area contributed by atoms with E-state index in [0.717, 1.165) is 25.4 Å². The molecule has 1 aliphatic rings. The Bertz CT molecular complexity index is 381. The first-order valence-corrected chi connectivity index (χ1v) is 6.11. The van der Waals surface area contributed by atoms with E-state index in [1.54, 1.807) is 7.11 Å².